The fourth-order valence-corrected chi connectivity index (χ4v) is 5.09. The number of rotatable bonds is 9. The summed E-state index contributed by atoms with van der Waals surface area (Å²) in [5.74, 6) is -1.67. The van der Waals surface area contributed by atoms with Crippen LogP contribution in [0.4, 0.5) is 4.39 Å². The van der Waals surface area contributed by atoms with E-state index in [1.165, 1.54) is 14.2 Å². The molecule has 1 aliphatic rings. The third-order valence-electron chi connectivity index (χ3n) is 7.19. The zero-order valence-corrected chi connectivity index (χ0v) is 22.3. The molecule has 2 heterocycles. The quantitative estimate of drug-likeness (QED) is 0.209. The van der Waals surface area contributed by atoms with E-state index in [2.05, 4.69) is 0 Å². The van der Waals surface area contributed by atoms with Crippen LogP contribution in [0.1, 0.15) is 22.9 Å². The molecule has 0 unspecified atom stereocenters. The smallest absolute Gasteiger partial charge is 0.330 e. The van der Waals surface area contributed by atoms with Crippen molar-refractivity contribution in [1.82, 2.24) is 9.55 Å². The Labute approximate surface area is 234 Å². The van der Waals surface area contributed by atoms with Crippen LogP contribution in [0.5, 0.6) is 11.5 Å². The van der Waals surface area contributed by atoms with Crippen molar-refractivity contribution in [3.8, 4) is 11.5 Å². The number of H-pyrrole nitrogens is 1. The molecule has 1 saturated heterocycles. The van der Waals surface area contributed by atoms with Crippen molar-refractivity contribution in [2.75, 3.05) is 20.8 Å². The lowest BCUT2D eigenvalue weighted by atomic mass is 9.79. The molecule has 1 fully saturated rings. The molecule has 1 aromatic heterocycles. The predicted octanol–water partition coefficient (Wildman–Crippen LogP) is 2.48. The maximum absolute atomic E-state index is 16.5. The summed E-state index contributed by atoms with van der Waals surface area (Å²) in [5.41, 5.74) is -1.79. The van der Waals surface area contributed by atoms with Crippen molar-refractivity contribution in [3.63, 3.8) is 0 Å². The number of methoxy groups -OCH3 is 2. The van der Waals surface area contributed by atoms with E-state index >= 15 is 4.39 Å². The lowest BCUT2D eigenvalue weighted by Crippen LogP contribution is -2.55. The molecule has 3 N–H and O–H groups in total. The second-order valence-corrected chi connectivity index (χ2v) is 9.48. The van der Waals surface area contributed by atoms with E-state index in [0.717, 1.165) is 16.8 Å². The molecule has 10 nitrogen and oxygen atoms in total. The lowest BCUT2D eigenvalue weighted by molar-refractivity contribution is -0.290. The molecule has 1 aliphatic heterocycles. The fourth-order valence-electron chi connectivity index (χ4n) is 5.09. The Hall–Kier alpha value is -4.29. The monoisotopic (exact) mass is 564 g/mol. The summed E-state index contributed by atoms with van der Waals surface area (Å²) in [5, 5.41) is 22.2. The highest BCUT2D eigenvalue weighted by atomic mass is 19.1. The third kappa shape index (κ3) is 4.93. The summed E-state index contributed by atoms with van der Waals surface area (Å²) in [6, 6.07) is 23.6. The highest BCUT2D eigenvalue weighted by Crippen LogP contribution is 2.49. The van der Waals surface area contributed by atoms with E-state index in [4.69, 9.17) is 18.9 Å². The van der Waals surface area contributed by atoms with Crippen molar-refractivity contribution >= 4 is 0 Å². The average Bonchev–Trinajstić information content (AvgIpc) is 3.25. The van der Waals surface area contributed by atoms with Crippen LogP contribution in [-0.2, 0) is 15.1 Å². The number of aliphatic hydroxyl groups is 2. The lowest BCUT2D eigenvalue weighted by Gasteiger charge is -2.43. The molecule has 0 amide bonds. The van der Waals surface area contributed by atoms with E-state index in [0.29, 0.717) is 28.2 Å². The molecule has 11 heteroatoms. The van der Waals surface area contributed by atoms with Crippen molar-refractivity contribution in [2.45, 2.75) is 29.9 Å². The Bertz CT molecular complexity index is 1540. The predicted molar refractivity (Wildman–Crippen MR) is 146 cm³/mol. The molecule has 0 saturated carbocycles. The zero-order valence-electron chi connectivity index (χ0n) is 22.3. The van der Waals surface area contributed by atoms with Crippen molar-refractivity contribution in [2.24, 2.45) is 0 Å². The Balaban J connectivity index is 1.73. The number of hydrogen-bond acceptors (Lipinski definition) is 8. The number of nitrogens with zero attached hydrogens (tertiary/aromatic N) is 1. The first kappa shape index (κ1) is 28.2. The van der Waals surface area contributed by atoms with E-state index < -0.39 is 47.7 Å². The van der Waals surface area contributed by atoms with Gasteiger partial charge in [-0.3, -0.25) is 14.3 Å². The minimum Gasteiger partial charge on any atom is -0.497 e. The van der Waals surface area contributed by atoms with Gasteiger partial charge >= 0.3 is 5.69 Å². The summed E-state index contributed by atoms with van der Waals surface area (Å²) >= 11 is 0. The number of hydrogen-bond donors (Lipinski definition) is 3. The molecule has 0 aliphatic carbocycles. The van der Waals surface area contributed by atoms with Gasteiger partial charge in [-0.15, -0.1) is 0 Å². The first-order chi connectivity index (χ1) is 19.8. The van der Waals surface area contributed by atoms with Gasteiger partial charge in [0.2, 0.25) is 12.0 Å². The maximum Gasteiger partial charge on any atom is 0.330 e. The largest absolute Gasteiger partial charge is 0.497 e. The Morgan fingerprint density at radius 2 is 1.44 bits per heavy atom. The number of benzene rings is 3. The van der Waals surface area contributed by atoms with Gasteiger partial charge < -0.3 is 29.2 Å². The fraction of sp³-hybridized carbons (Fsp3) is 0.267. The topological polar surface area (TPSA) is 132 Å². The van der Waals surface area contributed by atoms with Crippen LogP contribution in [0.15, 0.2) is 101 Å². The maximum atomic E-state index is 16.5. The molecule has 5 rings (SSSR count). The van der Waals surface area contributed by atoms with Crippen LogP contribution >= 0.6 is 0 Å². The molecule has 3 aromatic carbocycles. The molecule has 214 valence electrons. The number of aromatic nitrogens is 2. The highest BCUT2D eigenvalue weighted by Gasteiger charge is 2.62. The van der Waals surface area contributed by atoms with Crippen LogP contribution in [0.25, 0.3) is 0 Å². The van der Waals surface area contributed by atoms with E-state index in [-0.39, 0.29) is 0 Å². The van der Waals surface area contributed by atoms with Gasteiger partial charge in [-0.05, 0) is 41.0 Å². The molecule has 0 spiro atoms. The first-order valence-corrected chi connectivity index (χ1v) is 12.8. The van der Waals surface area contributed by atoms with Crippen LogP contribution in [0, 0.1) is 0 Å². The number of aliphatic hydroxyl groups excluding tert-OH is 1. The molecular formula is C30H29FN2O8. The van der Waals surface area contributed by atoms with Gasteiger partial charge in [-0.1, -0.05) is 54.6 Å². The number of halogens is 1. The summed E-state index contributed by atoms with van der Waals surface area (Å²) in [6.07, 6.45) is -4.68. The molecule has 0 bridgehead atoms. The number of ether oxygens (including phenoxy) is 4. The minimum atomic E-state index is -2.79. The highest BCUT2D eigenvalue weighted by molar-refractivity contribution is 5.50. The number of nitrogens with one attached hydrogen (secondary N) is 1. The van der Waals surface area contributed by atoms with Crippen LogP contribution < -0.4 is 20.7 Å². The SMILES string of the molecule is COc1ccc(C(O[C@@]2(O)[C@@H](CO)O[C@@H](n3ccc(=O)[nH]c3=O)[C@@H]2F)(c2ccccc2)c2ccc(OC)cc2)cc1. The third-order valence-corrected chi connectivity index (χ3v) is 7.19. The Morgan fingerprint density at radius 3 is 1.93 bits per heavy atom. The summed E-state index contributed by atoms with van der Waals surface area (Å²) in [7, 11) is 3.05. The van der Waals surface area contributed by atoms with Crippen LogP contribution in [-0.4, -0.2) is 58.7 Å². The second kappa shape index (κ2) is 11.3. The Kier molecular flexibility index (Phi) is 7.78. The number of aromatic amines is 1. The van der Waals surface area contributed by atoms with Gasteiger partial charge in [0, 0.05) is 12.3 Å². The molecule has 0 radical (unpaired) electrons. The van der Waals surface area contributed by atoms with Crippen LogP contribution in [0.2, 0.25) is 0 Å². The van der Waals surface area contributed by atoms with E-state index in [1.807, 2.05) is 4.98 Å². The number of alkyl halides is 1. The molecule has 4 atom stereocenters. The van der Waals surface area contributed by atoms with Gasteiger partial charge in [0.05, 0.1) is 20.8 Å². The van der Waals surface area contributed by atoms with Gasteiger partial charge in [0.15, 0.2) is 6.23 Å². The van der Waals surface area contributed by atoms with Crippen molar-refractivity contribution in [1.29, 1.82) is 0 Å². The second-order valence-electron chi connectivity index (χ2n) is 9.48. The summed E-state index contributed by atoms with van der Waals surface area (Å²) < 4.78 is 40.1. The standard InChI is InChI=1S/C30H29FN2O8/c1-38-22-12-8-20(9-13-22)29(19-6-4-3-5-7-19,21-10-14-23(39-2)15-11-21)41-30(37)24(18-34)40-27(26(30)31)33-17-16-25(35)32-28(33)36/h3-17,24,26-27,34,37H,18H2,1-2H3,(H,32,35,36)/t24-,26+,27-,30+/m1/s1. The van der Waals surface area contributed by atoms with E-state index in [9.17, 15) is 19.8 Å². The van der Waals surface area contributed by atoms with Gasteiger partial charge in [0.25, 0.3) is 5.56 Å². The van der Waals surface area contributed by atoms with Gasteiger partial charge in [-0.25, -0.2) is 9.18 Å². The average molecular weight is 565 g/mol. The van der Waals surface area contributed by atoms with Crippen LogP contribution in [0.3, 0.4) is 0 Å². The van der Waals surface area contributed by atoms with Gasteiger partial charge in [-0.2, -0.15) is 0 Å². The summed E-state index contributed by atoms with van der Waals surface area (Å²) in [6.45, 7) is -0.846. The van der Waals surface area contributed by atoms with Gasteiger partial charge in [0.1, 0.15) is 23.2 Å². The summed E-state index contributed by atoms with van der Waals surface area (Å²) in [4.78, 5) is 26.1. The zero-order chi connectivity index (χ0) is 29.2. The van der Waals surface area contributed by atoms with E-state index in [1.54, 1.807) is 78.9 Å². The minimum absolute atomic E-state index is 0.497. The molecule has 41 heavy (non-hydrogen) atoms. The Morgan fingerprint density at radius 1 is 0.902 bits per heavy atom. The molecular weight excluding hydrogens is 535 g/mol. The normalized spacial score (nSPS) is 22.4. The van der Waals surface area contributed by atoms with Crippen molar-refractivity contribution in [3.05, 3.63) is 129 Å². The molecule has 4 aromatic rings. The van der Waals surface area contributed by atoms with Crippen molar-refractivity contribution < 1.29 is 33.6 Å². The first-order valence-electron chi connectivity index (χ1n) is 12.8.